The van der Waals surface area contributed by atoms with Gasteiger partial charge >= 0.3 is 5.97 Å². The average molecular weight is 495 g/mol. The van der Waals surface area contributed by atoms with Crippen LogP contribution in [0.4, 0.5) is 0 Å². The van der Waals surface area contributed by atoms with Crippen LogP contribution in [0, 0.1) is 0 Å². The Bertz CT molecular complexity index is 1470. The number of hydrogen-bond acceptors (Lipinski definition) is 4. The normalized spacial score (nSPS) is 10.8. The molecule has 160 valence electrons. The summed E-state index contributed by atoms with van der Waals surface area (Å²) in [6, 6.07) is 29.8. The first-order valence-electron chi connectivity index (χ1n) is 10.4. The summed E-state index contributed by atoms with van der Waals surface area (Å²) in [7, 11) is 1.38. The van der Waals surface area contributed by atoms with Crippen LogP contribution in [0.5, 0.6) is 0 Å². The quantitative estimate of drug-likeness (QED) is 0.248. The van der Waals surface area contributed by atoms with E-state index in [9.17, 15) is 4.79 Å². The molecule has 0 unspecified atom stereocenters. The number of nitrogens with zero attached hydrogens (tertiary/aromatic N) is 2. The van der Waals surface area contributed by atoms with Gasteiger partial charge in [0.2, 0.25) is 0 Å². The Hall–Kier alpha value is -3.83. The standard InChI is InChI=1S/C28H19BrN2O2/c1-33-28(32)20-13-11-19(12-14-20)22-15-16-24(29)27-26(22)30-17-25(31-27)23-10-6-5-9-21(23)18-7-3-2-4-8-18/h2-17H,1H3. The molecule has 4 nitrogen and oxygen atoms in total. The van der Waals surface area contributed by atoms with Gasteiger partial charge in [-0.3, -0.25) is 4.98 Å². The van der Waals surface area contributed by atoms with Gasteiger partial charge in [-0.2, -0.15) is 0 Å². The lowest BCUT2D eigenvalue weighted by Gasteiger charge is -2.12. The summed E-state index contributed by atoms with van der Waals surface area (Å²) in [4.78, 5) is 21.6. The maximum atomic E-state index is 11.8. The predicted octanol–water partition coefficient (Wildman–Crippen LogP) is 7.18. The number of ether oxygens (including phenoxy) is 1. The van der Waals surface area contributed by atoms with Gasteiger partial charge in [0, 0.05) is 15.6 Å². The molecule has 1 heterocycles. The first kappa shape index (κ1) is 21.0. The molecule has 0 N–H and O–H groups in total. The molecule has 5 heteroatoms. The molecule has 0 atom stereocenters. The monoisotopic (exact) mass is 494 g/mol. The lowest BCUT2D eigenvalue weighted by molar-refractivity contribution is 0.0601. The largest absolute Gasteiger partial charge is 0.465 e. The Labute approximate surface area is 200 Å². The van der Waals surface area contributed by atoms with Crippen molar-refractivity contribution in [2.24, 2.45) is 0 Å². The third-order valence-corrected chi connectivity index (χ3v) is 6.19. The molecule has 0 fully saturated rings. The van der Waals surface area contributed by atoms with Crippen LogP contribution < -0.4 is 0 Å². The zero-order valence-electron chi connectivity index (χ0n) is 17.8. The fourth-order valence-corrected chi connectivity index (χ4v) is 4.32. The molecule has 0 saturated heterocycles. The molecule has 5 aromatic rings. The molecule has 1 aromatic heterocycles. The van der Waals surface area contributed by atoms with Gasteiger partial charge in [0.05, 0.1) is 30.1 Å². The summed E-state index contributed by atoms with van der Waals surface area (Å²) in [5.74, 6) is -0.358. The average Bonchev–Trinajstić information content (AvgIpc) is 2.89. The van der Waals surface area contributed by atoms with E-state index in [1.54, 1.807) is 12.1 Å². The Kier molecular flexibility index (Phi) is 5.71. The molecule has 0 saturated carbocycles. The van der Waals surface area contributed by atoms with Crippen LogP contribution >= 0.6 is 15.9 Å². The smallest absolute Gasteiger partial charge is 0.337 e. The van der Waals surface area contributed by atoms with Crippen molar-refractivity contribution < 1.29 is 9.53 Å². The van der Waals surface area contributed by atoms with Crippen LogP contribution in [0.2, 0.25) is 0 Å². The molecule has 0 bridgehead atoms. The highest BCUT2D eigenvalue weighted by atomic mass is 79.9. The van der Waals surface area contributed by atoms with Crippen molar-refractivity contribution in [1.82, 2.24) is 9.97 Å². The van der Waals surface area contributed by atoms with Gasteiger partial charge in [-0.05, 0) is 50.8 Å². The molecule has 33 heavy (non-hydrogen) atoms. The van der Waals surface area contributed by atoms with Crippen LogP contribution in [-0.2, 0) is 4.74 Å². The molecular formula is C28H19BrN2O2. The maximum Gasteiger partial charge on any atom is 0.337 e. The van der Waals surface area contributed by atoms with Crippen molar-refractivity contribution in [3.63, 3.8) is 0 Å². The highest BCUT2D eigenvalue weighted by Crippen LogP contribution is 2.35. The molecule has 5 rings (SSSR count). The number of halogens is 1. The molecule has 0 aliphatic rings. The fraction of sp³-hybridized carbons (Fsp3) is 0.0357. The van der Waals surface area contributed by atoms with Crippen molar-refractivity contribution in [3.8, 4) is 33.5 Å². The van der Waals surface area contributed by atoms with E-state index in [0.29, 0.717) is 5.56 Å². The second-order valence-electron chi connectivity index (χ2n) is 7.53. The first-order valence-corrected chi connectivity index (χ1v) is 11.2. The number of fused-ring (bicyclic) bond motifs is 1. The van der Waals surface area contributed by atoms with Crippen molar-refractivity contribution >= 4 is 32.9 Å². The molecule has 4 aromatic carbocycles. The minimum absolute atomic E-state index is 0.358. The highest BCUT2D eigenvalue weighted by molar-refractivity contribution is 9.10. The van der Waals surface area contributed by atoms with E-state index in [0.717, 1.165) is 49.0 Å². The minimum atomic E-state index is -0.358. The zero-order valence-corrected chi connectivity index (χ0v) is 19.4. The topological polar surface area (TPSA) is 52.1 Å². The van der Waals surface area contributed by atoms with Gasteiger partial charge in [-0.15, -0.1) is 0 Å². The fourth-order valence-electron chi connectivity index (χ4n) is 3.91. The molecule has 0 spiro atoms. The number of benzene rings is 4. The summed E-state index contributed by atoms with van der Waals surface area (Å²) in [5.41, 5.74) is 8.05. The minimum Gasteiger partial charge on any atom is -0.465 e. The van der Waals surface area contributed by atoms with E-state index in [4.69, 9.17) is 14.7 Å². The number of rotatable bonds is 4. The van der Waals surface area contributed by atoms with Crippen LogP contribution in [-0.4, -0.2) is 23.0 Å². The van der Waals surface area contributed by atoms with Crippen LogP contribution in [0.15, 0.2) is 102 Å². The van der Waals surface area contributed by atoms with Crippen molar-refractivity contribution in [2.45, 2.75) is 0 Å². The molecule has 0 aliphatic heterocycles. The second kappa shape index (κ2) is 8.96. The predicted molar refractivity (Wildman–Crippen MR) is 135 cm³/mol. The van der Waals surface area contributed by atoms with E-state index < -0.39 is 0 Å². The number of aromatic nitrogens is 2. The summed E-state index contributed by atoms with van der Waals surface area (Å²) < 4.78 is 5.67. The van der Waals surface area contributed by atoms with Gasteiger partial charge in [0.15, 0.2) is 0 Å². The van der Waals surface area contributed by atoms with E-state index in [-0.39, 0.29) is 5.97 Å². The SMILES string of the molecule is COC(=O)c1ccc(-c2ccc(Br)c3nc(-c4ccccc4-c4ccccc4)cnc23)cc1. The van der Waals surface area contributed by atoms with Crippen LogP contribution in [0.3, 0.4) is 0 Å². The molecule has 0 amide bonds. The molecular weight excluding hydrogens is 476 g/mol. The maximum absolute atomic E-state index is 11.8. The summed E-state index contributed by atoms with van der Waals surface area (Å²) in [6.07, 6.45) is 1.82. The second-order valence-corrected chi connectivity index (χ2v) is 8.38. The van der Waals surface area contributed by atoms with Gasteiger partial charge in [-0.1, -0.05) is 72.8 Å². The first-order chi connectivity index (χ1) is 16.2. The van der Waals surface area contributed by atoms with Gasteiger partial charge in [0.1, 0.15) is 5.52 Å². The van der Waals surface area contributed by atoms with Crippen molar-refractivity contribution in [2.75, 3.05) is 7.11 Å². The number of carbonyl (C=O) groups excluding carboxylic acids is 1. The number of methoxy groups -OCH3 is 1. The Morgan fingerprint density at radius 3 is 2.12 bits per heavy atom. The number of carbonyl (C=O) groups is 1. The van der Waals surface area contributed by atoms with E-state index in [1.165, 1.54) is 7.11 Å². The number of hydrogen-bond donors (Lipinski definition) is 0. The molecule has 0 radical (unpaired) electrons. The van der Waals surface area contributed by atoms with E-state index in [1.807, 2.05) is 60.8 Å². The molecule has 0 aliphatic carbocycles. The van der Waals surface area contributed by atoms with E-state index in [2.05, 4.69) is 40.2 Å². The van der Waals surface area contributed by atoms with Crippen molar-refractivity contribution in [1.29, 1.82) is 0 Å². The van der Waals surface area contributed by atoms with Crippen LogP contribution in [0.1, 0.15) is 10.4 Å². The third kappa shape index (κ3) is 4.03. The zero-order chi connectivity index (χ0) is 22.8. The Morgan fingerprint density at radius 1 is 0.727 bits per heavy atom. The summed E-state index contributed by atoms with van der Waals surface area (Å²) in [5, 5.41) is 0. The van der Waals surface area contributed by atoms with Crippen molar-refractivity contribution in [3.05, 3.63) is 107 Å². The van der Waals surface area contributed by atoms with Crippen LogP contribution in [0.25, 0.3) is 44.5 Å². The Morgan fingerprint density at radius 2 is 1.39 bits per heavy atom. The highest BCUT2D eigenvalue weighted by Gasteiger charge is 2.14. The van der Waals surface area contributed by atoms with E-state index >= 15 is 0 Å². The summed E-state index contributed by atoms with van der Waals surface area (Å²) in [6.45, 7) is 0. The van der Waals surface area contributed by atoms with Gasteiger partial charge < -0.3 is 4.74 Å². The summed E-state index contributed by atoms with van der Waals surface area (Å²) >= 11 is 3.65. The Balaban J connectivity index is 1.63. The third-order valence-electron chi connectivity index (χ3n) is 5.55. The van der Waals surface area contributed by atoms with Gasteiger partial charge in [0.25, 0.3) is 0 Å². The van der Waals surface area contributed by atoms with Gasteiger partial charge in [-0.25, -0.2) is 9.78 Å². The number of esters is 1. The lowest BCUT2D eigenvalue weighted by Crippen LogP contribution is -2.00. The lowest BCUT2D eigenvalue weighted by atomic mass is 9.97.